The maximum absolute atomic E-state index is 4.39. The van der Waals surface area contributed by atoms with Gasteiger partial charge in [-0.15, -0.1) is 0 Å². The number of nitrogens with zero attached hydrogens (tertiary/aromatic N) is 1. The molecule has 0 bridgehead atoms. The highest BCUT2D eigenvalue weighted by Crippen LogP contribution is 2.28. The Hall–Kier alpha value is -0.670. The fraction of sp³-hybridized carbons (Fsp3) is 0.0833. The third-order valence-corrected chi connectivity index (χ3v) is 3.72. The summed E-state index contributed by atoms with van der Waals surface area (Å²) in [6, 6.07) is 10.2. The Labute approximate surface area is 106 Å². The first-order valence-corrected chi connectivity index (χ1v) is 6.14. The SMILES string of the molecule is Cc1cc(-c2ccccc2Br)ncc1Br. The van der Waals surface area contributed by atoms with Gasteiger partial charge in [0.2, 0.25) is 0 Å². The van der Waals surface area contributed by atoms with E-state index in [4.69, 9.17) is 0 Å². The highest BCUT2D eigenvalue weighted by Gasteiger charge is 2.04. The van der Waals surface area contributed by atoms with Gasteiger partial charge in [0, 0.05) is 20.7 Å². The summed E-state index contributed by atoms with van der Waals surface area (Å²) < 4.78 is 2.11. The van der Waals surface area contributed by atoms with Crippen molar-refractivity contribution in [1.82, 2.24) is 4.98 Å². The van der Waals surface area contributed by atoms with Crippen molar-refractivity contribution in [3.8, 4) is 11.3 Å². The fourth-order valence-corrected chi connectivity index (χ4v) is 2.06. The molecule has 0 saturated carbocycles. The Bertz CT molecular complexity index is 495. The van der Waals surface area contributed by atoms with Crippen molar-refractivity contribution in [2.45, 2.75) is 6.92 Å². The van der Waals surface area contributed by atoms with Crippen LogP contribution in [0, 0.1) is 6.92 Å². The van der Waals surface area contributed by atoms with Crippen molar-refractivity contribution in [2.24, 2.45) is 0 Å². The number of aromatic nitrogens is 1. The molecule has 0 saturated heterocycles. The first-order valence-electron chi connectivity index (χ1n) is 4.55. The van der Waals surface area contributed by atoms with Crippen molar-refractivity contribution >= 4 is 31.9 Å². The van der Waals surface area contributed by atoms with Gasteiger partial charge in [-0.05, 0) is 40.5 Å². The van der Waals surface area contributed by atoms with Gasteiger partial charge in [0.05, 0.1) is 5.69 Å². The number of hydrogen-bond donors (Lipinski definition) is 0. The molecule has 1 nitrogen and oxygen atoms in total. The molecule has 1 aromatic carbocycles. The third kappa shape index (κ3) is 2.29. The minimum Gasteiger partial charge on any atom is -0.255 e. The van der Waals surface area contributed by atoms with Gasteiger partial charge in [-0.25, -0.2) is 0 Å². The van der Waals surface area contributed by atoms with Crippen LogP contribution >= 0.6 is 31.9 Å². The fourth-order valence-electron chi connectivity index (χ4n) is 1.36. The molecule has 0 unspecified atom stereocenters. The van der Waals surface area contributed by atoms with E-state index in [9.17, 15) is 0 Å². The van der Waals surface area contributed by atoms with E-state index >= 15 is 0 Å². The number of hydrogen-bond acceptors (Lipinski definition) is 1. The lowest BCUT2D eigenvalue weighted by atomic mass is 10.1. The predicted octanol–water partition coefficient (Wildman–Crippen LogP) is 4.58. The molecular weight excluding hydrogens is 318 g/mol. The smallest absolute Gasteiger partial charge is 0.0716 e. The Morgan fingerprint density at radius 2 is 1.80 bits per heavy atom. The second kappa shape index (κ2) is 4.45. The Kier molecular flexibility index (Phi) is 3.22. The van der Waals surface area contributed by atoms with E-state index in [-0.39, 0.29) is 0 Å². The van der Waals surface area contributed by atoms with Crippen molar-refractivity contribution < 1.29 is 0 Å². The van der Waals surface area contributed by atoms with E-state index in [1.165, 1.54) is 5.56 Å². The molecule has 0 radical (unpaired) electrons. The summed E-state index contributed by atoms with van der Waals surface area (Å²) in [5, 5.41) is 0. The second-order valence-corrected chi connectivity index (χ2v) is 5.01. The normalized spacial score (nSPS) is 10.3. The quantitative estimate of drug-likeness (QED) is 0.747. The largest absolute Gasteiger partial charge is 0.255 e. The van der Waals surface area contributed by atoms with Crippen molar-refractivity contribution in [2.75, 3.05) is 0 Å². The topological polar surface area (TPSA) is 12.9 Å². The molecule has 1 heterocycles. The minimum atomic E-state index is 0.989. The van der Waals surface area contributed by atoms with Gasteiger partial charge in [-0.1, -0.05) is 34.1 Å². The monoisotopic (exact) mass is 325 g/mol. The van der Waals surface area contributed by atoms with Gasteiger partial charge in [-0.3, -0.25) is 4.98 Å². The van der Waals surface area contributed by atoms with Crippen LogP contribution in [-0.2, 0) is 0 Å². The summed E-state index contributed by atoms with van der Waals surface area (Å²) in [7, 11) is 0. The van der Waals surface area contributed by atoms with Gasteiger partial charge < -0.3 is 0 Å². The molecule has 0 aliphatic heterocycles. The number of pyridine rings is 1. The average Bonchev–Trinajstić information content (AvgIpc) is 2.23. The van der Waals surface area contributed by atoms with E-state index in [2.05, 4.69) is 55.9 Å². The summed E-state index contributed by atoms with van der Waals surface area (Å²) in [6.45, 7) is 2.06. The number of rotatable bonds is 1. The van der Waals surface area contributed by atoms with Crippen LogP contribution in [-0.4, -0.2) is 4.98 Å². The zero-order chi connectivity index (χ0) is 10.8. The Balaban J connectivity index is 2.55. The highest BCUT2D eigenvalue weighted by molar-refractivity contribution is 9.10. The molecule has 76 valence electrons. The van der Waals surface area contributed by atoms with E-state index in [0.29, 0.717) is 0 Å². The zero-order valence-corrected chi connectivity index (χ0v) is 11.3. The molecule has 1 aromatic heterocycles. The maximum Gasteiger partial charge on any atom is 0.0716 e. The van der Waals surface area contributed by atoms with Crippen LogP contribution in [0.1, 0.15) is 5.56 Å². The maximum atomic E-state index is 4.39. The van der Waals surface area contributed by atoms with Crippen LogP contribution < -0.4 is 0 Å². The van der Waals surface area contributed by atoms with E-state index in [1.54, 1.807) is 0 Å². The predicted molar refractivity (Wildman–Crippen MR) is 69.8 cm³/mol. The lowest BCUT2D eigenvalue weighted by molar-refractivity contribution is 1.26. The molecule has 0 fully saturated rings. The minimum absolute atomic E-state index is 0.989. The lowest BCUT2D eigenvalue weighted by Crippen LogP contribution is -1.86. The van der Waals surface area contributed by atoms with Gasteiger partial charge in [0.15, 0.2) is 0 Å². The van der Waals surface area contributed by atoms with Crippen molar-refractivity contribution in [3.63, 3.8) is 0 Å². The number of halogens is 2. The highest BCUT2D eigenvalue weighted by atomic mass is 79.9. The first kappa shape index (κ1) is 10.8. The van der Waals surface area contributed by atoms with Crippen LogP contribution in [0.15, 0.2) is 45.5 Å². The van der Waals surface area contributed by atoms with Crippen LogP contribution in [0.2, 0.25) is 0 Å². The second-order valence-electron chi connectivity index (χ2n) is 3.30. The van der Waals surface area contributed by atoms with Crippen LogP contribution in [0.4, 0.5) is 0 Å². The van der Waals surface area contributed by atoms with Crippen LogP contribution in [0.5, 0.6) is 0 Å². The number of aryl methyl sites for hydroxylation is 1. The van der Waals surface area contributed by atoms with Crippen molar-refractivity contribution in [3.05, 3.63) is 51.0 Å². The molecule has 2 rings (SSSR count). The van der Waals surface area contributed by atoms with Crippen molar-refractivity contribution in [1.29, 1.82) is 0 Å². The Morgan fingerprint density at radius 3 is 2.47 bits per heavy atom. The molecule has 0 aliphatic rings. The first-order chi connectivity index (χ1) is 7.18. The molecule has 0 atom stereocenters. The standard InChI is InChI=1S/C12H9Br2N/c1-8-6-12(15-7-11(8)14)9-4-2-3-5-10(9)13/h2-7H,1H3. The Morgan fingerprint density at radius 1 is 1.07 bits per heavy atom. The summed E-state index contributed by atoms with van der Waals surface area (Å²) in [6.07, 6.45) is 1.84. The number of benzene rings is 1. The molecule has 0 N–H and O–H groups in total. The molecule has 15 heavy (non-hydrogen) atoms. The molecular formula is C12H9Br2N. The third-order valence-electron chi connectivity index (χ3n) is 2.20. The van der Waals surface area contributed by atoms with Crippen LogP contribution in [0.25, 0.3) is 11.3 Å². The summed E-state index contributed by atoms with van der Waals surface area (Å²) >= 11 is 6.97. The average molecular weight is 327 g/mol. The van der Waals surface area contributed by atoms with E-state index in [1.807, 2.05) is 24.4 Å². The van der Waals surface area contributed by atoms with E-state index < -0.39 is 0 Å². The molecule has 3 heteroatoms. The molecule has 0 spiro atoms. The molecule has 0 aliphatic carbocycles. The molecule has 2 aromatic rings. The zero-order valence-electron chi connectivity index (χ0n) is 8.17. The summed E-state index contributed by atoms with van der Waals surface area (Å²) in [5.74, 6) is 0. The summed E-state index contributed by atoms with van der Waals surface area (Å²) in [4.78, 5) is 4.39. The van der Waals surface area contributed by atoms with Gasteiger partial charge >= 0.3 is 0 Å². The summed E-state index contributed by atoms with van der Waals surface area (Å²) in [5.41, 5.74) is 3.30. The van der Waals surface area contributed by atoms with Gasteiger partial charge in [0.25, 0.3) is 0 Å². The van der Waals surface area contributed by atoms with Gasteiger partial charge in [0.1, 0.15) is 0 Å². The van der Waals surface area contributed by atoms with E-state index in [0.717, 1.165) is 20.2 Å². The lowest BCUT2D eigenvalue weighted by Gasteiger charge is -2.05. The van der Waals surface area contributed by atoms with Gasteiger partial charge in [-0.2, -0.15) is 0 Å². The molecule has 0 amide bonds. The van der Waals surface area contributed by atoms with Crippen LogP contribution in [0.3, 0.4) is 0 Å².